The molecule has 0 aromatic heterocycles. The zero-order valence-corrected chi connectivity index (χ0v) is 11.6. The van der Waals surface area contributed by atoms with E-state index in [2.05, 4.69) is 5.32 Å². The number of aliphatic hydroxyl groups excluding tert-OH is 1. The molecule has 0 saturated carbocycles. The number of ketones is 1. The van der Waals surface area contributed by atoms with Crippen molar-refractivity contribution in [3.63, 3.8) is 0 Å². The number of halogens is 1. The van der Waals surface area contributed by atoms with Gasteiger partial charge in [0.15, 0.2) is 5.78 Å². The van der Waals surface area contributed by atoms with E-state index in [0.29, 0.717) is 23.6 Å². The van der Waals surface area contributed by atoms with Crippen molar-refractivity contribution < 1.29 is 14.7 Å². The topological polar surface area (TPSA) is 66.4 Å². The smallest absolute Gasteiger partial charge is 0.220 e. The minimum absolute atomic E-state index is 0.0412. The van der Waals surface area contributed by atoms with Gasteiger partial charge in [-0.05, 0) is 30.7 Å². The van der Waals surface area contributed by atoms with Crippen molar-refractivity contribution >= 4 is 23.3 Å². The molecule has 2 N–H and O–H groups in total. The van der Waals surface area contributed by atoms with Gasteiger partial charge in [0.2, 0.25) is 5.91 Å². The third-order valence-corrected chi connectivity index (χ3v) is 2.98. The third-order valence-electron chi connectivity index (χ3n) is 2.72. The van der Waals surface area contributed by atoms with Crippen LogP contribution in [0.1, 0.15) is 30.1 Å². The van der Waals surface area contributed by atoms with Crippen LogP contribution in [-0.2, 0) is 4.79 Å². The summed E-state index contributed by atoms with van der Waals surface area (Å²) >= 11 is 5.76. The van der Waals surface area contributed by atoms with Crippen LogP contribution < -0.4 is 5.32 Å². The van der Waals surface area contributed by atoms with E-state index in [1.807, 2.05) is 0 Å². The molecule has 0 saturated heterocycles. The Morgan fingerprint density at radius 2 is 1.95 bits per heavy atom. The zero-order chi connectivity index (χ0) is 14.3. The molecule has 0 fully saturated rings. The molecule has 1 atom stereocenters. The molecule has 0 aliphatic carbocycles. The standard InChI is InChI=1S/C14H18ClNO3/c1-10(9-13(18)16-7-2-8-17)14(19)11-3-5-12(15)6-4-11/h3-6,10,17H,2,7-9H2,1H3,(H,16,18). The first kappa shape index (κ1) is 15.7. The number of nitrogens with one attached hydrogen (secondary N) is 1. The summed E-state index contributed by atoms with van der Waals surface area (Å²) in [5.41, 5.74) is 0.556. The molecule has 104 valence electrons. The number of amides is 1. The monoisotopic (exact) mass is 283 g/mol. The Morgan fingerprint density at radius 1 is 1.32 bits per heavy atom. The molecule has 0 bridgehead atoms. The molecule has 1 aromatic carbocycles. The van der Waals surface area contributed by atoms with Crippen LogP contribution in [0.3, 0.4) is 0 Å². The summed E-state index contributed by atoms with van der Waals surface area (Å²) in [5.74, 6) is -0.632. The molecule has 19 heavy (non-hydrogen) atoms. The summed E-state index contributed by atoms with van der Waals surface area (Å²) < 4.78 is 0. The largest absolute Gasteiger partial charge is 0.396 e. The first-order chi connectivity index (χ1) is 9.04. The van der Waals surface area contributed by atoms with E-state index >= 15 is 0 Å². The summed E-state index contributed by atoms with van der Waals surface area (Å²) in [6.45, 7) is 2.19. The highest BCUT2D eigenvalue weighted by Gasteiger charge is 2.18. The van der Waals surface area contributed by atoms with Crippen molar-refractivity contribution in [3.05, 3.63) is 34.9 Å². The summed E-state index contributed by atoms with van der Waals surface area (Å²) in [6.07, 6.45) is 0.665. The number of carbonyl (C=O) groups is 2. The summed E-state index contributed by atoms with van der Waals surface area (Å²) in [5, 5.41) is 11.8. The fraction of sp³-hybridized carbons (Fsp3) is 0.429. The maximum Gasteiger partial charge on any atom is 0.220 e. The average molecular weight is 284 g/mol. The second kappa shape index (κ2) is 7.92. The normalized spacial score (nSPS) is 11.9. The summed E-state index contributed by atoms with van der Waals surface area (Å²) in [7, 11) is 0. The van der Waals surface area contributed by atoms with E-state index in [9.17, 15) is 9.59 Å². The van der Waals surface area contributed by atoms with Gasteiger partial charge in [0, 0.05) is 36.1 Å². The lowest BCUT2D eigenvalue weighted by molar-refractivity contribution is -0.121. The molecule has 1 aromatic rings. The van der Waals surface area contributed by atoms with E-state index in [4.69, 9.17) is 16.7 Å². The zero-order valence-electron chi connectivity index (χ0n) is 10.9. The molecule has 0 spiro atoms. The third kappa shape index (κ3) is 5.41. The first-order valence-corrected chi connectivity index (χ1v) is 6.59. The molecular formula is C14H18ClNO3. The maximum atomic E-state index is 12.1. The van der Waals surface area contributed by atoms with Gasteiger partial charge in [0.1, 0.15) is 0 Å². The molecule has 1 amide bonds. The van der Waals surface area contributed by atoms with E-state index in [1.165, 1.54) is 0 Å². The lowest BCUT2D eigenvalue weighted by atomic mass is 9.96. The van der Waals surface area contributed by atoms with E-state index in [0.717, 1.165) is 0 Å². The molecule has 0 heterocycles. The molecule has 1 rings (SSSR count). The van der Waals surface area contributed by atoms with Gasteiger partial charge in [-0.25, -0.2) is 0 Å². The van der Waals surface area contributed by atoms with Gasteiger partial charge in [-0.3, -0.25) is 9.59 Å². The van der Waals surface area contributed by atoms with Crippen LogP contribution in [0, 0.1) is 5.92 Å². The van der Waals surface area contributed by atoms with Crippen molar-refractivity contribution in [1.29, 1.82) is 0 Å². The van der Waals surface area contributed by atoms with Crippen LogP contribution >= 0.6 is 11.6 Å². The fourth-order valence-corrected chi connectivity index (χ4v) is 1.77. The Balaban J connectivity index is 2.48. The van der Waals surface area contributed by atoms with E-state index < -0.39 is 0 Å². The van der Waals surface area contributed by atoms with Gasteiger partial charge in [0.05, 0.1) is 0 Å². The number of Topliss-reactive ketones (excluding diaryl/α,β-unsaturated/α-hetero) is 1. The molecule has 0 aliphatic rings. The van der Waals surface area contributed by atoms with Gasteiger partial charge in [-0.1, -0.05) is 18.5 Å². The van der Waals surface area contributed by atoms with Crippen LogP contribution in [0.2, 0.25) is 5.02 Å². The highest BCUT2D eigenvalue weighted by Crippen LogP contribution is 2.15. The van der Waals surface area contributed by atoms with Crippen molar-refractivity contribution in [2.45, 2.75) is 19.8 Å². The molecule has 0 radical (unpaired) electrons. The lowest BCUT2D eigenvalue weighted by Crippen LogP contribution is -2.28. The fourth-order valence-electron chi connectivity index (χ4n) is 1.65. The molecule has 0 aliphatic heterocycles. The number of rotatable bonds is 7. The number of aliphatic hydroxyl groups is 1. The molecule has 5 heteroatoms. The maximum absolute atomic E-state index is 12.1. The average Bonchev–Trinajstić information content (AvgIpc) is 2.39. The SMILES string of the molecule is CC(CC(=O)NCCCO)C(=O)c1ccc(Cl)cc1. The lowest BCUT2D eigenvalue weighted by Gasteiger charge is -2.10. The van der Waals surface area contributed by atoms with Crippen LogP contribution in [-0.4, -0.2) is 29.9 Å². The van der Waals surface area contributed by atoms with Crippen molar-refractivity contribution in [2.75, 3.05) is 13.2 Å². The van der Waals surface area contributed by atoms with Gasteiger partial charge >= 0.3 is 0 Å². The number of benzene rings is 1. The predicted octanol–water partition coefficient (Wildman–Crippen LogP) is 2.05. The van der Waals surface area contributed by atoms with Crippen molar-refractivity contribution in [3.8, 4) is 0 Å². The van der Waals surface area contributed by atoms with E-state index in [1.54, 1.807) is 31.2 Å². The number of carbonyl (C=O) groups excluding carboxylic acids is 2. The van der Waals surface area contributed by atoms with Crippen LogP contribution in [0.15, 0.2) is 24.3 Å². The van der Waals surface area contributed by atoms with Gasteiger partial charge < -0.3 is 10.4 Å². The second-order valence-electron chi connectivity index (χ2n) is 4.40. The Bertz CT molecular complexity index is 431. The Labute approximate surface area is 117 Å². The van der Waals surface area contributed by atoms with Gasteiger partial charge in [-0.15, -0.1) is 0 Å². The van der Waals surface area contributed by atoms with Gasteiger partial charge in [-0.2, -0.15) is 0 Å². The van der Waals surface area contributed by atoms with Gasteiger partial charge in [0.25, 0.3) is 0 Å². The predicted molar refractivity (Wildman–Crippen MR) is 74.3 cm³/mol. The number of hydrogen-bond acceptors (Lipinski definition) is 3. The molecule has 4 nitrogen and oxygen atoms in total. The highest BCUT2D eigenvalue weighted by atomic mass is 35.5. The Hall–Kier alpha value is -1.39. The van der Waals surface area contributed by atoms with Crippen molar-refractivity contribution in [2.24, 2.45) is 5.92 Å². The second-order valence-corrected chi connectivity index (χ2v) is 4.84. The van der Waals surface area contributed by atoms with Crippen molar-refractivity contribution in [1.82, 2.24) is 5.32 Å². The minimum Gasteiger partial charge on any atom is -0.396 e. The first-order valence-electron chi connectivity index (χ1n) is 6.22. The number of hydrogen-bond donors (Lipinski definition) is 2. The van der Waals surface area contributed by atoms with Crippen LogP contribution in [0.5, 0.6) is 0 Å². The Kier molecular flexibility index (Phi) is 6.53. The summed E-state index contributed by atoms with van der Waals surface area (Å²) in [6, 6.07) is 6.63. The quantitative estimate of drug-likeness (QED) is 0.594. The van der Waals surface area contributed by atoms with E-state index in [-0.39, 0.29) is 30.6 Å². The summed E-state index contributed by atoms with van der Waals surface area (Å²) in [4.78, 5) is 23.6. The molecular weight excluding hydrogens is 266 g/mol. The van der Waals surface area contributed by atoms with Crippen LogP contribution in [0.4, 0.5) is 0 Å². The minimum atomic E-state index is -0.379. The Morgan fingerprint density at radius 3 is 2.53 bits per heavy atom. The highest BCUT2D eigenvalue weighted by molar-refractivity contribution is 6.30. The molecule has 1 unspecified atom stereocenters. The van der Waals surface area contributed by atoms with Crippen LogP contribution in [0.25, 0.3) is 0 Å².